The van der Waals surface area contributed by atoms with Crippen molar-refractivity contribution in [1.82, 2.24) is 9.97 Å². The van der Waals surface area contributed by atoms with E-state index >= 15 is 0 Å². The number of amides is 2. The summed E-state index contributed by atoms with van der Waals surface area (Å²) < 4.78 is 0. The molecule has 2 atom stereocenters. The maximum Gasteiger partial charge on any atom is 0.323 e. The molecule has 33 heavy (non-hydrogen) atoms. The summed E-state index contributed by atoms with van der Waals surface area (Å²) in [7, 11) is 0. The fourth-order valence-electron chi connectivity index (χ4n) is 4.85. The maximum atomic E-state index is 12.8. The number of aromatic nitrogens is 2. The quantitative estimate of drug-likeness (QED) is 0.515. The Labute approximate surface area is 194 Å². The molecule has 176 valence electrons. The second kappa shape index (κ2) is 10.2. The van der Waals surface area contributed by atoms with Crippen LogP contribution in [0.1, 0.15) is 63.9 Å². The van der Waals surface area contributed by atoms with Gasteiger partial charge >= 0.3 is 12.0 Å². The largest absolute Gasteiger partial charge is 0.481 e. The van der Waals surface area contributed by atoms with Gasteiger partial charge in [0.2, 0.25) is 0 Å². The highest BCUT2D eigenvalue weighted by molar-refractivity contribution is 6.01. The van der Waals surface area contributed by atoms with Crippen LogP contribution in [0.5, 0.6) is 0 Å². The minimum Gasteiger partial charge on any atom is -0.481 e. The van der Waals surface area contributed by atoms with Gasteiger partial charge in [-0.25, -0.2) is 14.8 Å². The average Bonchev–Trinajstić information content (AvgIpc) is 3.60. The predicted octanol–water partition coefficient (Wildman–Crippen LogP) is 5.10. The Morgan fingerprint density at radius 3 is 2.48 bits per heavy atom. The fraction of sp³-hybridized carbons (Fsp3) is 0.520. The molecule has 2 saturated carbocycles. The zero-order valence-electron chi connectivity index (χ0n) is 19.3. The minimum atomic E-state index is -0.760. The topological polar surface area (TPSA) is 107 Å². The Bertz CT molecular complexity index is 975. The SMILES string of the molecule is CC(C)CN(c1ccc([C@@H]2C[C@@H]2C(=O)O)cc1NC(=O)Nc1cncnc1)C1CCCCC1. The number of carboxylic acid groups (broad SMARTS) is 1. The van der Waals surface area contributed by atoms with Gasteiger partial charge in [0.05, 0.1) is 35.4 Å². The first-order valence-corrected chi connectivity index (χ1v) is 11.9. The van der Waals surface area contributed by atoms with Gasteiger partial charge in [-0.15, -0.1) is 0 Å². The van der Waals surface area contributed by atoms with Gasteiger partial charge in [0, 0.05) is 12.6 Å². The molecule has 2 aromatic rings. The maximum absolute atomic E-state index is 12.8. The molecule has 4 rings (SSSR count). The summed E-state index contributed by atoms with van der Waals surface area (Å²) in [5, 5.41) is 15.2. The van der Waals surface area contributed by atoms with Crippen LogP contribution < -0.4 is 15.5 Å². The van der Waals surface area contributed by atoms with Crippen molar-refractivity contribution < 1.29 is 14.7 Å². The van der Waals surface area contributed by atoms with E-state index in [-0.39, 0.29) is 17.9 Å². The van der Waals surface area contributed by atoms with Gasteiger partial charge in [0.25, 0.3) is 0 Å². The lowest BCUT2D eigenvalue weighted by molar-refractivity contribution is -0.138. The van der Waals surface area contributed by atoms with Crippen LogP contribution in [-0.4, -0.2) is 39.7 Å². The van der Waals surface area contributed by atoms with Crippen molar-refractivity contribution in [1.29, 1.82) is 0 Å². The third-order valence-electron chi connectivity index (χ3n) is 6.51. The normalized spacial score (nSPS) is 20.3. The van der Waals surface area contributed by atoms with E-state index in [0.29, 0.717) is 29.8 Å². The summed E-state index contributed by atoms with van der Waals surface area (Å²) in [4.78, 5) is 34.6. The van der Waals surface area contributed by atoms with Crippen LogP contribution in [0.2, 0.25) is 0 Å². The van der Waals surface area contributed by atoms with Gasteiger partial charge in [-0.1, -0.05) is 39.2 Å². The van der Waals surface area contributed by atoms with E-state index in [2.05, 4.69) is 45.4 Å². The number of carbonyl (C=O) groups is 2. The Balaban J connectivity index is 1.63. The van der Waals surface area contributed by atoms with Gasteiger partial charge in [-0.2, -0.15) is 0 Å². The fourth-order valence-corrected chi connectivity index (χ4v) is 4.85. The van der Waals surface area contributed by atoms with E-state index in [1.807, 2.05) is 12.1 Å². The first-order valence-electron chi connectivity index (χ1n) is 11.9. The average molecular weight is 452 g/mol. The molecule has 1 aromatic heterocycles. The molecule has 3 N–H and O–H groups in total. The molecule has 0 bridgehead atoms. The van der Waals surface area contributed by atoms with E-state index in [0.717, 1.165) is 30.6 Å². The molecule has 8 nitrogen and oxygen atoms in total. The van der Waals surface area contributed by atoms with Crippen LogP contribution in [-0.2, 0) is 4.79 Å². The molecular formula is C25H33N5O3. The van der Waals surface area contributed by atoms with Crippen molar-refractivity contribution in [2.24, 2.45) is 11.8 Å². The smallest absolute Gasteiger partial charge is 0.323 e. The Kier molecular flexibility index (Phi) is 7.11. The lowest BCUT2D eigenvalue weighted by Gasteiger charge is -2.38. The van der Waals surface area contributed by atoms with E-state index in [1.54, 1.807) is 12.4 Å². The standard InChI is InChI=1S/C25H33N5O3/c1-16(2)14-30(19-6-4-3-5-7-19)23-9-8-17(20-11-21(20)24(31)32)10-22(23)29-25(33)28-18-12-26-15-27-13-18/h8-10,12-13,15-16,19-21H,3-7,11,14H2,1-2H3,(H,31,32)(H2,28,29,33)/t20-,21-/m0/s1. The van der Waals surface area contributed by atoms with Gasteiger partial charge in [-0.3, -0.25) is 4.79 Å². The molecule has 0 unspecified atom stereocenters. The summed E-state index contributed by atoms with van der Waals surface area (Å²) >= 11 is 0. The highest BCUT2D eigenvalue weighted by Gasteiger charge is 2.44. The lowest BCUT2D eigenvalue weighted by Crippen LogP contribution is -2.40. The summed E-state index contributed by atoms with van der Waals surface area (Å²) in [6.07, 6.45) is 11.1. The summed E-state index contributed by atoms with van der Waals surface area (Å²) in [5.74, 6) is -0.640. The summed E-state index contributed by atoms with van der Waals surface area (Å²) in [6, 6.07) is 6.12. The second-order valence-corrected chi connectivity index (χ2v) is 9.61. The van der Waals surface area contributed by atoms with E-state index in [4.69, 9.17) is 0 Å². The number of nitrogens with zero attached hydrogens (tertiary/aromatic N) is 3. The molecule has 1 aromatic carbocycles. The molecule has 2 aliphatic rings. The lowest BCUT2D eigenvalue weighted by atomic mass is 9.92. The molecule has 0 aliphatic heterocycles. The molecule has 0 radical (unpaired) electrons. The number of carbonyl (C=O) groups excluding carboxylic acids is 1. The van der Waals surface area contributed by atoms with E-state index in [9.17, 15) is 14.7 Å². The highest BCUT2D eigenvalue weighted by atomic mass is 16.4. The summed E-state index contributed by atoms with van der Waals surface area (Å²) in [6.45, 7) is 5.32. The number of benzene rings is 1. The first-order chi connectivity index (χ1) is 15.9. The van der Waals surface area contributed by atoms with Gasteiger partial charge in [-0.05, 0) is 48.8 Å². The summed E-state index contributed by atoms with van der Waals surface area (Å²) in [5.41, 5.74) is 3.17. The molecule has 8 heteroatoms. The third-order valence-corrected chi connectivity index (χ3v) is 6.51. The zero-order chi connectivity index (χ0) is 23.4. The van der Waals surface area contributed by atoms with Gasteiger partial charge in [0.1, 0.15) is 6.33 Å². The van der Waals surface area contributed by atoms with Gasteiger partial charge < -0.3 is 20.6 Å². The number of anilines is 3. The molecule has 1 heterocycles. The molecule has 0 saturated heterocycles. The van der Waals surface area contributed by atoms with Crippen LogP contribution in [0.4, 0.5) is 21.9 Å². The second-order valence-electron chi connectivity index (χ2n) is 9.61. The number of aliphatic carboxylic acids is 1. The van der Waals surface area contributed by atoms with Crippen LogP contribution in [0, 0.1) is 11.8 Å². The van der Waals surface area contributed by atoms with Crippen LogP contribution >= 0.6 is 0 Å². The van der Waals surface area contributed by atoms with Crippen molar-refractivity contribution in [3.05, 3.63) is 42.5 Å². The van der Waals surface area contributed by atoms with Crippen LogP contribution in [0.3, 0.4) is 0 Å². The van der Waals surface area contributed by atoms with Crippen LogP contribution in [0.15, 0.2) is 36.9 Å². The number of hydrogen-bond donors (Lipinski definition) is 3. The van der Waals surface area contributed by atoms with Crippen molar-refractivity contribution in [2.75, 3.05) is 22.1 Å². The minimum absolute atomic E-state index is 0.00378. The van der Waals surface area contributed by atoms with Crippen molar-refractivity contribution in [3.8, 4) is 0 Å². The van der Waals surface area contributed by atoms with Crippen molar-refractivity contribution in [2.45, 2.75) is 64.3 Å². The Hall–Kier alpha value is -3.16. The molecular weight excluding hydrogens is 418 g/mol. The van der Waals surface area contributed by atoms with E-state index in [1.165, 1.54) is 25.6 Å². The van der Waals surface area contributed by atoms with Crippen LogP contribution in [0.25, 0.3) is 0 Å². The number of rotatable bonds is 8. The third kappa shape index (κ3) is 5.80. The Morgan fingerprint density at radius 1 is 1.12 bits per heavy atom. The number of carboxylic acids is 1. The number of nitrogens with one attached hydrogen (secondary N) is 2. The van der Waals surface area contributed by atoms with Crippen molar-refractivity contribution in [3.63, 3.8) is 0 Å². The first kappa shape index (κ1) is 23.0. The number of urea groups is 1. The molecule has 0 spiro atoms. The van der Waals surface area contributed by atoms with E-state index < -0.39 is 5.97 Å². The molecule has 2 aliphatic carbocycles. The molecule has 2 amide bonds. The Morgan fingerprint density at radius 2 is 1.85 bits per heavy atom. The highest BCUT2D eigenvalue weighted by Crippen LogP contribution is 2.49. The monoisotopic (exact) mass is 451 g/mol. The predicted molar refractivity (Wildman–Crippen MR) is 129 cm³/mol. The van der Waals surface area contributed by atoms with Gasteiger partial charge in [0.15, 0.2) is 0 Å². The number of hydrogen-bond acceptors (Lipinski definition) is 5. The zero-order valence-corrected chi connectivity index (χ0v) is 19.3. The van der Waals surface area contributed by atoms with Crippen molar-refractivity contribution >= 4 is 29.1 Å². The molecule has 2 fully saturated rings.